The van der Waals surface area contributed by atoms with Gasteiger partial charge in [-0.1, -0.05) is 6.42 Å². The molecule has 1 aromatic rings. The molecule has 1 aliphatic heterocycles. The first-order chi connectivity index (χ1) is 10.3. The summed E-state index contributed by atoms with van der Waals surface area (Å²) in [4.78, 5) is 16.7. The van der Waals surface area contributed by atoms with E-state index in [9.17, 15) is 18.3 Å². The summed E-state index contributed by atoms with van der Waals surface area (Å²) in [6.45, 7) is 2.37. The first-order valence-corrected chi connectivity index (χ1v) is 9.94. The van der Waals surface area contributed by atoms with Crippen molar-refractivity contribution in [2.24, 2.45) is 11.3 Å². The van der Waals surface area contributed by atoms with Crippen LogP contribution in [0.1, 0.15) is 29.8 Å². The molecule has 2 heterocycles. The molecular weight excluding hydrogens is 324 g/mol. The molecule has 1 aromatic heterocycles. The third-order valence-corrected chi connectivity index (χ3v) is 7.87. The zero-order chi connectivity index (χ0) is 16.0. The predicted molar refractivity (Wildman–Crippen MR) is 83.3 cm³/mol. The number of hydrogen-bond donors (Lipinski definition) is 1. The van der Waals surface area contributed by atoms with Crippen molar-refractivity contribution in [3.63, 3.8) is 0 Å². The van der Waals surface area contributed by atoms with Crippen LogP contribution in [0.3, 0.4) is 0 Å². The molecule has 0 unspecified atom stereocenters. The maximum Gasteiger partial charge on any atom is 0.311 e. The fourth-order valence-electron chi connectivity index (χ4n) is 3.72. The van der Waals surface area contributed by atoms with Gasteiger partial charge in [0.05, 0.1) is 22.4 Å². The second-order valence-corrected chi connectivity index (χ2v) is 9.30. The van der Waals surface area contributed by atoms with E-state index in [1.54, 1.807) is 5.51 Å². The summed E-state index contributed by atoms with van der Waals surface area (Å²) in [5, 5.41) is 9.55. The Labute approximate surface area is 134 Å². The maximum absolute atomic E-state index is 12.6. The molecule has 2 atom stereocenters. The highest BCUT2D eigenvalue weighted by Gasteiger charge is 2.56. The van der Waals surface area contributed by atoms with E-state index in [1.807, 2.05) is 6.92 Å². The summed E-state index contributed by atoms with van der Waals surface area (Å²) in [6, 6.07) is 0. The molecule has 0 radical (unpaired) electrons. The number of carbonyl (C=O) groups is 1. The molecule has 0 amide bonds. The van der Waals surface area contributed by atoms with E-state index >= 15 is 0 Å². The number of sulfonamides is 1. The van der Waals surface area contributed by atoms with Crippen LogP contribution in [0, 0.1) is 18.3 Å². The van der Waals surface area contributed by atoms with Gasteiger partial charge in [0.2, 0.25) is 10.0 Å². The molecule has 6 nitrogen and oxygen atoms in total. The number of carboxylic acid groups (broad SMARTS) is 1. The minimum Gasteiger partial charge on any atom is -0.481 e. The quantitative estimate of drug-likeness (QED) is 0.875. The van der Waals surface area contributed by atoms with Crippen LogP contribution in [-0.2, 0) is 21.2 Å². The molecule has 1 aliphatic carbocycles. The number of fused-ring (bicyclic) bond motifs is 1. The Bertz CT molecular complexity index is 685. The van der Waals surface area contributed by atoms with E-state index in [0.29, 0.717) is 19.4 Å². The highest BCUT2D eigenvalue weighted by Crippen LogP contribution is 2.49. The standard InChI is InChI=1S/C14H20N2O4S2/c1-10-12(21-9-15-10)4-6-22(19,20)16-7-11-3-2-5-14(11,8-16)13(17)18/h9,11H,2-8H2,1H3,(H,17,18)/t11-,14+/m0/s1. The first kappa shape index (κ1) is 15.9. The number of aromatic nitrogens is 1. The smallest absolute Gasteiger partial charge is 0.311 e. The topological polar surface area (TPSA) is 87.6 Å². The average molecular weight is 344 g/mol. The summed E-state index contributed by atoms with van der Waals surface area (Å²) in [7, 11) is -3.42. The molecule has 3 rings (SSSR count). The van der Waals surface area contributed by atoms with Gasteiger partial charge in [-0.15, -0.1) is 11.3 Å². The van der Waals surface area contributed by atoms with E-state index in [0.717, 1.165) is 23.4 Å². The molecule has 22 heavy (non-hydrogen) atoms. The number of nitrogens with zero attached hydrogens (tertiary/aromatic N) is 2. The van der Waals surface area contributed by atoms with E-state index in [1.165, 1.54) is 15.6 Å². The molecule has 0 aromatic carbocycles. The summed E-state index contributed by atoms with van der Waals surface area (Å²) in [6.07, 6.45) is 2.73. The zero-order valence-electron chi connectivity index (χ0n) is 12.5. The molecule has 1 saturated carbocycles. The van der Waals surface area contributed by atoms with Crippen molar-refractivity contribution in [2.75, 3.05) is 18.8 Å². The van der Waals surface area contributed by atoms with Crippen LogP contribution < -0.4 is 0 Å². The van der Waals surface area contributed by atoms with Crippen LogP contribution in [0.25, 0.3) is 0 Å². The summed E-state index contributed by atoms with van der Waals surface area (Å²) in [5.41, 5.74) is 1.74. The number of carboxylic acids is 1. The number of thiazole rings is 1. The highest BCUT2D eigenvalue weighted by atomic mass is 32.2. The van der Waals surface area contributed by atoms with Crippen molar-refractivity contribution in [1.82, 2.24) is 9.29 Å². The molecule has 1 N–H and O–H groups in total. The van der Waals surface area contributed by atoms with Gasteiger partial charge >= 0.3 is 5.97 Å². The summed E-state index contributed by atoms with van der Waals surface area (Å²) < 4.78 is 26.5. The van der Waals surface area contributed by atoms with Crippen LogP contribution >= 0.6 is 11.3 Å². The Morgan fingerprint density at radius 1 is 1.59 bits per heavy atom. The molecule has 1 saturated heterocycles. The second kappa shape index (κ2) is 5.58. The van der Waals surface area contributed by atoms with E-state index < -0.39 is 21.4 Å². The lowest BCUT2D eigenvalue weighted by Crippen LogP contribution is -2.38. The SMILES string of the molecule is Cc1ncsc1CCS(=O)(=O)N1C[C@@H]2CCC[C@@]2(C(=O)O)C1. The normalized spacial score (nSPS) is 28.9. The Kier molecular flexibility index (Phi) is 4.03. The number of aliphatic carboxylic acids is 1. The van der Waals surface area contributed by atoms with Gasteiger partial charge in [0.15, 0.2) is 0 Å². The first-order valence-electron chi connectivity index (χ1n) is 7.45. The minimum atomic E-state index is -3.42. The molecule has 2 aliphatic rings. The lowest BCUT2D eigenvalue weighted by molar-refractivity contribution is -0.149. The average Bonchev–Trinajstić information content (AvgIpc) is 3.09. The van der Waals surface area contributed by atoms with E-state index in [4.69, 9.17) is 0 Å². The monoisotopic (exact) mass is 344 g/mol. The zero-order valence-corrected chi connectivity index (χ0v) is 14.1. The third kappa shape index (κ3) is 2.57. The lowest BCUT2D eigenvalue weighted by atomic mass is 9.81. The Morgan fingerprint density at radius 3 is 2.95 bits per heavy atom. The van der Waals surface area contributed by atoms with Crippen LogP contribution in [-0.4, -0.2) is 47.6 Å². The van der Waals surface area contributed by atoms with Crippen molar-refractivity contribution in [2.45, 2.75) is 32.6 Å². The Hall–Kier alpha value is -0.990. The predicted octanol–water partition coefficient (Wildman–Crippen LogP) is 1.51. The van der Waals surface area contributed by atoms with Crippen molar-refractivity contribution in [1.29, 1.82) is 0 Å². The van der Waals surface area contributed by atoms with Gasteiger partial charge in [-0.3, -0.25) is 4.79 Å². The van der Waals surface area contributed by atoms with Gasteiger partial charge in [-0.05, 0) is 32.1 Å². The molecular formula is C14H20N2O4S2. The Balaban J connectivity index is 1.72. The minimum absolute atomic E-state index is 0.0262. The largest absolute Gasteiger partial charge is 0.481 e. The van der Waals surface area contributed by atoms with Crippen LogP contribution in [0.5, 0.6) is 0 Å². The van der Waals surface area contributed by atoms with Crippen molar-refractivity contribution >= 4 is 27.3 Å². The van der Waals surface area contributed by atoms with Gasteiger partial charge in [0.1, 0.15) is 0 Å². The molecule has 0 spiro atoms. The Morgan fingerprint density at radius 2 is 2.36 bits per heavy atom. The van der Waals surface area contributed by atoms with Gasteiger partial charge in [-0.25, -0.2) is 17.7 Å². The third-order valence-electron chi connectivity index (χ3n) is 5.09. The van der Waals surface area contributed by atoms with Crippen LogP contribution in [0.15, 0.2) is 5.51 Å². The fraction of sp³-hybridized carbons (Fsp3) is 0.714. The van der Waals surface area contributed by atoms with E-state index in [-0.39, 0.29) is 18.2 Å². The van der Waals surface area contributed by atoms with Crippen LogP contribution in [0.4, 0.5) is 0 Å². The lowest BCUT2D eigenvalue weighted by Gasteiger charge is -2.23. The van der Waals surface area contributed by atoms with Gasteiger partial charge in [0.25, 0.3) is 0 Å². The van der Waals surface area contributed by atoms with E-state index in [2.05, 4.69) is 4.98 Å². The number of hydrogen-bond acceptors (Lipinski definition) is 5. The van der Waals surface area contributed by atoms with Crippen molar-refractivity contribution in [3.8, 4) is 0 Å². The van der Waals surface area contributed by atoms with Gasteiger partial charge < -0.3 is 5.11 Å². The molecule has 8 heteroatoms. The molecule has 0 bridgehead atoms. The second-order valence-electron chi connectivity index (χ2n) is 6.27. The fourth-order valence-corrected chi connectivity index (χ4v) is 6.19. The maximum atomic E-state index is 12.6. The highest BCUT2D eigenvalue weighted by molar-refractivity contribution is 7.89. The van der Waals surface area contributed by atoms with Crippen molar-refractivity contribution < 1.29 is 18.3 Å². The van der Waals surface area contributed by atoms with Crippen LogP contribution in [0.2, 0.25) is 0 Å². The number of aryl methyl sites for hydroxylation is 2. The summed E-state index contributed by atoms with van der Waals surface area (Å²) in [5.74, 6) is -0.853. The molecule has 122 valence electrons. The van der Waals surface area contributed by atoms with Gasteiger partial charge in [0, 0.05) is 18.0 Å². The molecule has 2 fully saturated rings. The summed E-state index contributed by atoms with van der Waals surface area (Å²) >= 11 is 1.47. The van der Waals surface area contributed by atoms with Gasteiger partial charge in [-0.2, -0.15) is 0 Å². The number of rotatable bonds is 5. The van der Waals surface area contributed by atoms with Crippen molar-refractivity contribution in [3.05, 3.63) is 16.1 Å².